The summed E-state index contributed by atoms with van der Waals surface area (Å²) in [4.78, 5) is 2.42. The van der Waals surface area contributed by atoms with Crippen LogP contribution in [0.15, 0.2) is 21.2 Å². The van der Waals surface area contributed by atoms with Crippen LogP contribution in [0.25, 0.3) is 0 Å². The molecule has 0 unspecified atom stereocenters. The lowest BCUT2D eigenvalue weighted by molar-refractivity contribution is 0.174. The largest absolute Gasteiger partial charge is 0.453 e. The van der Waals surface area contributed by atoms with Gasteiger partial charge in [-0.25, -0.2) is 0 Å². The first kappa shape index (κ1) is 11.5. The zero-order chi connectivity index (χ0) is 10.7. The van der Waals surface area contributed by atoms with Gasteiger partial charge in [-0.15, -0.1) is 11.6 Å². The zero-order valence-electron chi connectivity index (χ0n) is 8.59. The number of furan rings is 1. The second-order valence-electron chi connectivity index (χ2n) is 4.08. The molecule has 0 saturated carbocycles. The Balaban J connectivity index is 1.82. The molecule has 1 aliphatic rings. The van der Waals surface area contributed by atoms with Gasteiger partial charge >= 0.3 is 0 Å². The SMILES string of the molecule is ClCC1CCN(Cc2ccc(Br)o2)CC1. The highest BCUT2D eigenvalue weighted by Crippen LogP contribution is 2.21. The third-order valence-electron chi connectivity index (χ3n) is 2.93. The normalized spacial score (nSPS) is 19.6. The molecular weight excluding hydrogens is 277 g/mol. The molecule has 0 aromatic carbocycles. The number of nitrogens with zero attached hydrogens (tertiary/aromatic N) is 1. The first-order valence-electron chi connectivity index (χ1n) is 5.30. The van der Waals surface area contributed by atoms with Crippen molar-refractivity contribution in [1.29, 1.82) is 0 Å². The molecule has 84 valence electrons. The van der Waals surface area contributed by atoms with Gasteiger partial charge < -0.3 is 4.42 Å². The summed E-state index contributed by atoms with van der Waals surface area (Å²) in [6, 6.07) is 3.97. The second-order valence-corrected chi connectivity index (χ2v) is 5.17. The van der Waals surface area contributed by atoms with Crippen LogP contribution >= 0.6 is 27.5 Å². The molecule has 0 spiro atoms. The van der Waals surface area contributed by atoms with Gasteiger partial charge in [0.1, 0.15) is 5.76 Å². The maximum atomic E-state index is 5.85. The fraction of sp³-hybridized carbons (Fsp3) is 0.636. The van der Waals surface area contributed by atoms with Gasteiger partial charge in [-0.05, 0) is 59.9 Å². The van der Waals surface area contributed by atoms with Crippen LogP contribution in [0.2, 0.25) is 0 Å². The van der Waals surface area contributed by atoms with Crippen molar-refractivity contribution < 1.29 is 4.42 Å². The van der Waals surface area contributed by atoms with E-state index in [-0.39, 0.29) is 0 Å². The molecule has 0 amide bonds. The summed E-state index contributed by atoms with van der Waals surface area (Å²) in [7, 11) is 0. The van der Waals surface area contributed by atoms with Crippen molar-refractivity contribution in [2.75, 3.05) is 19.0 Å². The van der Waals surface area contributed by atoms with E-state index in [0.717, 1.165) is 35.9 Å². The van der Waals surface area contributed by atoms with Crippen molar-refractivity contribution in [2.24, 2.45) is 5.92 Å². The molecular formula is C11H15BrClNO. The minimum absolute atomic E-state index is 0.714. The highest BCUT2D eigenvalue weighted by atomic mass is 79.9. The highest BCUT2D eigenvalue weighted by molar-refractivity contribution is 9.10. The number of alkyl halides is 1. The molecule has 1 saturated heterocycles. The Morgan fingerprint density at radius 3 is 2.67 bits per heavy atom. The van der Waals surface area contributed by atoms with Crippen molar-refractivity contribution in [3.05, 3.63) is 22.6 Å². The van der Waals surface area contributed by atoms with E-state index in [1.54, 1.807) is 0 Å². The van der Waals surface area contributed by atoms with Crippen molar-refractivity contribution in [3.8, 4) is 0 Å². The molecule has 0 aliphatic carbocycles. The predicted molar refractivity (Wildman–Crippen MR) is 65.1 cm³/mol. The first-order valence-corrected chi connectivity index (χ1v) is 6.63. The summed E-state index contributed by atoms with van der Waals surface area (Å²) in [5.74, 6) is 2.55. The highest BCUT2D eigenvalue weighted by Gasteiger charge is 2.19. The molecule has 1 aromatic heterocycles. The van der Waals surface area contributed by atoms with Crippen LogP contribution in [0, 0.1) is 5.92 Å². The monoisotopic (exact) mass is 291 g/mol. The average molecular weight is 293 g/mol. The van der Waals surface area contributed by atoms with E-state index in [9.17, 15) is 0 Å². The lowest BCUT2D eigenvalue weighted by Crippen LogP contribution is -2.33. The minimum atomic E-state index is 0.714. The maximum absolute atomic E-state index is 5.85. The van der Waals surface area contributed by atoms with Crippen LogP contribution in [0.4, 0.5) is 0 Å². The van der Waals surface area contributed by atoms with Gasteiger partial charge in [-0.1, -0.05) is 0 Å². The van der Waals surface area contributed by atoms with Crippen LogP contribution in [0.3, 0.4) is 0 Å². The number of likely N-dealkylation sites (tertiary alicyclic amines) is 1. The summed E-state index contributed by atoms with van der Waals surface area (Å²) in [5.41, 5.74) is 0. The fourth-order valence-corrected chi connectivity index (χ4v) is 2.60. The molecule has 2 nitrogen and oxygen atoms in total. The molecule has 1 aromatic rings. The van der Waals surface area contributed by atoms with Crippen LogP contribution in [-0.4, -0.2) is 23.9 Å². The molecule has 1 fully saturated rings. The topological polar surface area (TPSA) is 16.4 Å². The van der Waals surface area contributed by atoms with E-state index >= 15 is 0 Å². The van der Waals surface area contributed by atoms with Crippen LogP contribution in [0.5, 0.6) is 0 Å². The summed E-state index contributed by atoms with van der Waals surface area (Å²) >= 11 is 9.16. The number of hydrogen-bond donors (Lipinski definition) is 0. The lowest BCUT2D eigenvalue weighted by atomic mass is 9.99. The standard InChI is InChI=1S/C11H15BrClNO/c12-11-2-1-10(15-11)8-14-5-3-9(7-13)4-6-14/h1-2,9H,3-8H2. The Bertz CT molecular complexity index is 307. The fourth-order valence-electron chi connectivity index (χ4n) is 1.96. The van der Waals surface area contributed by atoms with Gasteiger partial charge in [0.2, 0.25) is 0 Å². The van der Waals surface area contributed by atoms with Gasteiger partial charge in [0.15, 0.2) is 4.67 Å². The van der Waals surface area contributed by atoms with E-state index in [2.05, 4.69) is 20.8 Å². The van der Waals surface area contributed by atoms with Gasteiger partial charge in [-0.2, -0.15) is 0 Å². The Morgan fingerprint density at radius 2 is 2.13 bits per heavy atom. The summed E-state index contributed by atoms with van der Waals surface area (Å²) in [6.07, 6.45) is 2.43. The molecule has 0 bridgehead atoms. The minimum Gasteiger partial charge on any atom is -0.453 e. The zero-order valence-corrected chi connectivity index (χ0v) is 10.9. The van der Waals surface area contributed by atoms with E-state index in [1.165, 1.54) is 12.8 Å². The second kappa shape index (κ2) is 5.37. The van der Waals surface area contributed by atoms with Crippen molar-refractivity contribution in [3.63, 3.8) is 0 Å². The van der Waals surface area contributed by atoms with E-state index < -0.39 is 0 Å². The third kappa shape index (κ3) is 3.23. The molecule has 0 N–H and O–H groups in total. The summed E-state index contributed by atoms with van der Waals surface area (Å²) < 4.78 is 6.30. The van der Waals surface area contributed by atoms with Crippen LogP contribution in [-0.2, 0) is 6.54 Å². The molecule has 4 heteroatoms. The Morgan fingerprint density at radius 1 is 1.40 bits per heavy atom. The third-order valence-corrected chi connectivity index (χ3v) is 3.80. The number of hydrogen-bond acceptors (Lipinski definition) is 2. The molecule has 2 rings (SSSR count). The van der Waals surface area contributed by atoms with Crippen LogP contribution in [0.1, 0.15) is 18.6 Å². The van der Waals surface area contributed by atoms with Crippen molar-refractivity contribution in [2.45, 2.75) is 19.4 Å². The van der Waals surface area contributed by atoms with E-state index in [1.807, 2.05) is 12.1 Å². The molecule has 0 atom stereocenters. The maximum Gasteiger partial charge on any atom is 0.169 e. The summed E-state index contributed by atoms with van der Waals surface area (Å²) in [5, 5.41) is 0. The number of rotatable bonds is 3. The quantitative estimate of drug-likeness (QED) is 0.793. The lowest BCUT2D eigenvalue weighted by Gasteiger charge is -2.30. The predicted octanol–water partition coefficient (Wildman–Crippen LogP) is 3.49. The Hall–Kier alpha value is 0.01000. The Labute approximate surface area is 104 Å². The Kier molecular flexibility index (Phi) is 4.12. The molecule has 0 radical (unpaired) electrons. The average Bonchev–Trinajstić information content (AvgIpc) is 2.65. The van der Waals surface area contributed by atoms with Gasteiger partial charge in [0.25, 0.3) is 0 Å². The van der Waals surface area contributed by atoms with Crippen molar-refractivity contribution >= 4 is 27.5 Å². The van der Waals surface area contributed by atoms with Gasteiger partial charge in [-0.3, -0.25) is 4.90 Å². The smallest absolute Gasteiger partial charge is 0.169 e. The first-order chi connectivity index (χ1) is 7.28. The van der Waals surface area contributed by atoms with Gasteiger partial charge in [0.05, 0.1) is 6.54 Å². The molecule has 1 aliphatic heterocycles. The van der Waals surface area contributed by atoms with E-state index in [4.69, 9.17) is 16.0 Å². The van der Waals surface area contributed by atoms with E-state index in [0.29, 0.717) is 5.92 Å². The van der Waals surface area contributed by atoms with Gasteiger partial charge in [0, 0.05) is 5.88 Å². The molecule has 15 heavy (non-hydrogen) atoms. The summed E-state index contributed by atoms with van der Waals surface area (Å²) in [6.45, 7) is 3.19. The number of piperidine rings is 1. The number of halogens is 2. The van der Waals surface area contributed by atoms with Crippen LogP contribution < -0.4 is 0 Å². The van der Waals surface area contributed by atoms with Crippen molar-refractivity contribution in [1.82, 2.24) is 4.90 Å². The molecule has 2 heterocycles.